The van der Waals surface area contributed by atoms with Gasteiger partial charge in [0.15, 0.2) is 0 Å². The minimum atomic E-state index is -0.443. The Hall–Kier alpha value is -1.06. The van der Waals surface area contributed by atoms with Crippen molar-refractivity contribution in [2.45, 2.75) is 32.4 Å². The minimum absolute atomic E-state index is 0.0798. The molecule has 1 aromatic rings. The zero-order valence-electron chi connectivity index (χ0n) is 9.53. The Kier molecular flexibility index (Phi) is 4.77. The maximum Gasteiger partial charge on any atom is 0.237 e. The lowest BCUT2D eigenvalue weighted by Gasteiger charge is -2.17. The first-order valence-corrected chi connectivity index (χ1v) is 5.73. The highest BCUT2D eigenvalue weighted by atomic mass is 35.5. The summed E-state index contributed by atoms with van der Waals surface area (Å²) in [6.07, 6.45) is 0.633. The molecule has 3 nitrogen and oxygen atoms in total. The number of benzene rings is 1. The SMILES string of the molecule is CC[C@H](N)C(=O)NC(C)c1cccc(Cl)c1. The smallest absolute Gasteiger partial charge is 0.237 e. The van der Waals surface area contributed by atoms with E-state index < -0.39 is 6.04 Å². The molecular formula is C12H17ClN2O. The van der Waals surface area contributed by atoms with E-state index >= 15 is 0 Å². The van der Waals surface area contributed by atoms with E-state index in [1.807, 2.05) is 32.0 Å². The van der Waals surface area contributed by atoms with Crippen molar-refractivity contribution in [3.8, 4) is 0 Å². The van der Waals surface area contributed by atoms with Crippen LogP contribution in [0.1, 0.15) is 31.9 Å². The Morgan fingerprint density at radius 1 is 1.56 bits per heavy atom. The molecule has 16 heavy (non-hydrogen) atoms. The number of rotatable bonds is 4. The summed E-state index contributed by atoms with van der Waals surface area (Å²) in [6, 6.07) is 6.90. The van der Waals surface area contributed by atoms with Gasteiger partial charge in [-0.05, 0) is 31.0 Å². The van der Waals surface area contributed by atoms with E-state index in [0.717, 1.165) is 5.56 Å². The summed E-state index contributed by atoms with van der Waals surface area (Å²) < 4.78 is 0. The lowest BCUT2D eigenvalue weighted by Crippen LogP contribution is -2.41. The van der Waals surface area contributed by atoms with Crippen LogP contribution in [0.4, 0.5) is 0 Å². The number of nitrogens with one attached hydrogen (secondary N) is 1. The van der Waals surface area contributed by atoms with Crippen LogP contribution in [0, 0.1) is 0 Å². The van der Waals surface area contributed by atoms with Gasteiger partial charge in [-0.3, -0.25) is 4.79 Å². The van der Waals surface area contributed by atoms with Gasteiger partial charge in [0.2, 0.25) is 5.91 Å². The van der Waals surface area contributed by atoms with E-state index in [4.69, 9.17) is 17.3 Å². The fourth-order valence-electron chi connectivity index (χ4n) is 1.37. The zero-order valence-corrected chi connectivity index (χ0v) is 10.3. The van der Waals surface area contributed by atoms with Crippen molar-refractivity contribution in [1.29, 1.82) is 0 Å². The molecular weight excluding hydrogens is 224 g/mol. The molecule has 0 heterocycles. The predicted octanol–water partition coefficient (Wildman–Crippen LogP) is 2.25. The van der Waals surface area contributed by atoms with Gasteiger partial charge in [-0.25, -0.2) is 0 Å². The van der Waals surface area contributed by atoms with E-state index in [9.17, 15) is 4.79 Å². The third-order valence-electron chi connectivity index (χ3n) is 2.48. The molecule has 1 aromatic carbocycles. The average Bonchev–Trinajstić information content (AvgIpc) is 2.27. The molecule has 88 valence electrons. The van der Waals surface area contributed by atoms with E-state index in [0.29, 0.717) is 11.4 Å². The van der Waals surface area contributed by atoms with Crippen LogP contribution >= 0.6 is 11.6 Å². The Balaban J connectivity index is 2.65. The van der Waals surface area contributed by atoms with Gasteiger partial charge in [0.25, 0.3) is 0 Å². The zero-order chi connectivity index (χ0) is 12.1. The van der Waals surface area contributed by atoms with Crippen molar-refractivity contribution >= 4 is 17.5 Å². The van der Waals surface area contributed by atoms with Gasteiger partial charge in [0.1, 0.15) is 0 Å². The van der Waals surface area contributed by atoms with Crippen molar-refractivity contribution in [3.63, 3.8) is 0 Å². The first-order valence-electron chi connectivity index (χ1n) is 5.36. The highest BCUT2D eigenvalue weighted by Crippen LogP contribution is 2.17. The third-order valence-corrected chi connectivity index (χ3v) is 2.72. The van der Waals surface area contributed by atoms with Gasteiger partial charge in [0.05, 0.1) is 12.1 Å². The maximum atomic E-state index is 11.6. The van der Waals surface area contributed by atoms with Crippen LogP contribution in [0.3, 0.4) is 0 Å². The first kappa shape index (κ1) is 13.0. The number of amides is 1. The number of carbonyl (C=O) groups is 1. The molecule has 0 aromatic heterocycles. The van der Waals surface area contributed by atoms with Gasteiger partial charge >= 0.3 is 0 Å². The summed E-state index contributed by atoms with van der Waals surface area (Å²) in [5.74, 6) is -0.130. The van der Waals surface area contributed by atoms with Crippen LogP contribution in [0.2, 0.25) is 5.02 Å². The monoisotopic (exact) mass is 240 g/mol. The van der Waals surface area contributed by atoms with Crippen LogP contribution < -0.4 is 11.1 Å². The molecule has 0 saturated carbocycles. The fourth-order valence-corrected chi connectivity index (χ4v) is 1.56. The van der Waals surface area contributed by atoms with Crippen LogP contribution in [0.25, 0.3) is 0 Å². The molecule has 0 spiro atoms. The number of carbonyl (C=O) groups excluding carboxylic acids is 1. The van der Waals surface area contributed by atoms with Crippen LogP contribution in [0.5, 0.6) is 0 Å². The standard InChI is InChI=1S/C12H17ClN2O/c1-3-11(14)12(16)15-8(2)9-5-4-6-10(13)7-9/h4-8,11H,3,14H2,1-2H3,(H,15,16)/t8?,11-/m0/s1. The number of hydrogen-bond donors (Lipinski definition) is 2. The Morgan fingerprint density at radius 3 is 2.81 bits per heavy atom. The molecule has 0 bridgehead atoms. The molecule has 1 unspecified atom stereocenters. The maximum absolute atomic E-state index is 11.6. The van der Waals surface area contributed by atoms with E-state index in [-0.39, 0.29) is 11.9 Å². The summed E-state index contributed by atoms with van der Waals surface area (Å²) in [5, 5.41) is 3.52. The molecule has 2 atom stereocenters. The minimum Gasteiger partial charge on any atom is -0.348 e. The average molecular weight is 241 g/mol. The molecule has 3 N–H and O–H groups in total. The van der Waals surface area contributed by atoms with Crippen molar-refractivity contribution in [2.24, 2.45) is 5.73 Å². The van der Waals surface area contributed by atoms with Crippen LogP contribution in [-0.4, -0.2) is 11.9 Å². The molecule has 1 rings (SSSR count). The van der Waals surface area contributed by atoms with Crippen molar-refractivity contribution < 1.29 is 4.79 Å². The lowest BCUT2D eigenvalue weighted by atomic mass is 10.1. The molecule has 0 fully saturated rings. The van der Waals surface area contributed by atoms with Gasteiger partial charge in [-0.2, -0.15) is 0 Å². The second kappa shape index (κ2) is 5.87. The Morgan fingerprint density at radius 2 is 2.25 bits per heavy atom. The topological polar surface area (TPSA) is 55.1 Å². The number of halogens is 1. The predicted molar refractivity (Wildman–Crippen MR) is 66.3 cm³/mol. The van der Waals surface area contributed by atoms with Crippen molar-refractivity contribution in [3.05, 3.63) is 34.9 Å². The summed E-state index contributed by atoms with van der Waals surface area (Å²) in [5.41, 5.74) is 6.61. The molecule has 0 radical (unpaired) electrons. The summed E-state index contributed by atoms with van der Waals surface area (Å²) >= 11 is 5.88. The summed E-state index contributed by atoms with van der Waals surface area (Å²) in [4.78, 5) is 11.6. The second-order valence-electron chi connectivity index (χ2n) is 3.80. The van der Waals surface area contributed by atoms with Gasteiger partial charge < -0.3 is 11.1 Å². The quantitative estimate of drug-likeness (QED) is 0.848. The second-order valence-corrected chi connectivity index (χ2v) is 4.24. The van der Waals surface area contributed by atoms with Crippen LogP contribution in [0.15, 0.2) is 24.3 Å². The molecule has 4 heteroatoms. The normalized spacial score (nSPS) is 14.2. The van der Waals surface area contributed by atoms with Crippen molar-refractivity contribution in [2.75, 3.05) is 0 Å². The van der Waals surface area contributed by atoms with E-state index in [1.165, 1.54) is 0 Å². The fraction of sp³-hybridized carbons (Fsp3) is 0.417. The highest BCUT2D eigenvalue weighted by Gasteiger charge is 2.14. The Labute approximate surface area is 101 Å². The lowest BCUT2D eigenvalue weighted by molar-refractivity contribution is -0.123. The number of nitrogens with two attached hydrogens (primary N) is 1. The Bertz CT molecular complexity index is 368. The molecule has 0 aliphatic heterocycles. The molecule has 0 saturated heterocycles. The molecule has 0 aliphatic carbocycles. The van der Waals surface area contributed by atoms with Crippen molar-refractivity contribution in [1.82, 2.24) is 5.32 Å². The highest BCUT2D eigenvalue weighted by molar-refractivity contribution is 6.30. The van der Waals surface area contributed by atoms with Gasteiger partial charge in [-0.1, -0.05) is 30.7 Å². The third kappa shape index (κ3) is 3.51. The summed E-state index contributed by atoms with van der Waals surface area (Å²) in [6.45, 7) is 3.79. The van der Waals surface area contributed by atoms with E-state index in [2.05, 4.69) is 5.32 Å². The summed E-state index contributed by atoms with van der Waals surface area (Å²) in [7, 11) is 0. The van der Waals surface area contributed by atoms with Crippen LogP contribution in [-0.2, 0) is 4.79 Å². The van der Waals surface area contributed by atoms with Gasteiger partial charge in [-0.15, -0.1) is 0 Å². The largest absolute Gasteiger partial charge is 0.348 e. The van der Waals surface area contributed by atoms with E-state index in [1.54, 1.807) is 6.07 Å². The molecule has 0 aliphatic rings. The number of hydrogen-bond acceptors (Lipinski definition) is 2. The van der Waals surface area contributed by atoms with Gasteiger partial charge in [0, 0.05) is 5.02 Å². The first-order chi connectivity index (χ1) is 7.54. The molecule has 1 amide bonds.